The highest BCUT2D eigenvalue weighted by Crippen LogP contribution is 2.46. The molecule has 2 heteroatoms. The zero-order chi connectivity index (χ0) is 57.3. The van der Waals surface area contributed by atoms with E-state index in [1.54, 1.807) is 0 Å². The lowest BCUT2D eigenvalue weighted by Gasteiger charge is -2.14. The SMILES string of the molecule is Cc1ccc(-c2ccc3c4ccc5c6c7ccccc7c(-c7ccc(C)cc7)cc6n(-c6ccccc6)c5c4n(-c4ccccc4)c3c2)cc1.Cc1ccc(C)cc1.Cc1ccc(C)cc1.Cc1ccc(C)cc1.Cc1ccc(C)cc1. The number of rotatable bonds is 4. The fraction of sp³-hybridized carbons (Fsp3) is 0.125. The van der Waals surface area contributed by atoms with Crippen LogP contribution < -0.4 is 0 Å². The average molecular weight is 1060 g/mol. The molecule has 0 atom stereocenters. The molecule has 0 saturated carbocycles. The molecule has 12 aromatic carbocycles. The zero-order valence-corrected chi connectivity index (χ0v) is 49.3. The van der Waals surface area contributed by atoms with E-state index in [9.17, 15) is 0 Å². The fourth-order valence-corrected chi connectivity index (χ4v) is 10.6. The van der Waals surface area contributed by atoms with E-state index < -0.39 is 0 Å². The standard InChI is InChI=1S/C48H34N2.4C8H10/c1-31-17-21-33(22-18-31)35-25-26-39-41-27-28-42-46-40-16-10-9-15-38(40)43(34-23-19-32(2)20-24-34)30-45(46)50(37-13-7-4-8-14-37)48(42)47(41)49(44(39)29-35)36-11-5-3-6-12-36;4*1-7-3-5-8(2)6-4-7/h3-30H,1-2H3;4*3-6H,1-2H3. The molecule has 0 fully saturated rings. The molecular formula is C80H74N2. The minimum atomic E-state index is 1.15. The normalized spacial score (nSPS) is 10.8. The fourth-order valence-electron chi connectivity index (χ4n) is 10.6. The Morgan fingerprint density at radius 3 is 0.927 bits per heavy atom. The van der Waals surface area contributed by atoms with E-state index in [2.05, 4.69) is 345 Å². The van der Waals surface area contributed by atoms with Gasteiger partial charge in [0.05, 0.1) is 22.1 Å². The third kappa shape index (κ3) is 12.7. The van der Waals surface area contributed by atoms with E-state index in [0.29, 0.717) is 0 Å². The monoisotopic (exact) mass is 1060 g/mol. The lowest BCUT2D eigenvalue weighted by atomic mass is 9.94. The molecule has 0 N–H and O–H groups in total. The topological polar surface area (TPSA) is 9.86 Å². The first-order valence-electron chi connectivity index (χ1n) is 28.6. The van der Waals surface area contributed by atoms with E-state index in [1.807, 2.05) is 0 Å². The second-order valence-corrected chi connectivity index (χ2v) is 22.1. The third-order valence-corrected chi connectivity index (χ3v) is 15.3. The van der Waals surface area contributed by atoms with Crippen molar-refractivity contribution in [2.45, 2.75) is 69.2 Å². The number of benzene rings is 12. The second kappa shape index (κ2) is 25.3. The van der Waals surface area contributed by atoms with Crippen LogP contribution in [0.2, 0.25) is 0 Å². The molecule has 82 heavy (non-hydrogen) atoms. The molecule has 0 radical (unpaired) electrons. The lowest BCUT2D eigenvalue weighted by Crippen LogP contribution is -1.98. The number of hydrogen-bond acceptors (Lipinski definition) is 0. The summed E-state index contributed by atoms with van der Waals surface area (Å²) < 4.78 is 5.00. The maximum Gasteiger partial charge on any atom is 0.0789 e. The number of para-hydroxylation sites is 2. The van der Waals surface area contributed by atoms with Crippen molar-refractivity contribution >= 4 is 54.4 Å². The van der Waals surface area contributed by atoms with Crippen molar-refractivity contribution in [3.05, 3.63) is 323 Å². The van der Waals surface area contributed by atoms with Gasteiger partial charge < -0.3 is 9.13 Å². The molecule has 0 aliphatic carbocycles. The van der Waals surface area contributed by atoms with E-state index in [-0.39, 0.29) is 0 Å². The van der Waals surface area contributed by atoms with Crippen LogP contribution in [0, 0.1) is 69.2 Å². The van der Waals surface area contributed by atoms with Gasteiger partial charge in [-0.15, -0.1) is 0 Å². The molecule has 2 heterocycles. The Hall–Kier alpha value is -9.50. The van der Waals surface area contributed by atoms with Crippen LogP contribution in [0.15, 0.2) is 267 Å². The number of nitrogens with zero attached hydrogens (tertiary/aromatic N) is 2. The highest BCUT2D eigenvalue weighted by Gasteiger charge is 2.24. The quantitative estimate of drug-likeness (QED) is 0.166. The summed E-state index contributed by atoms with van der Waals surface area (Å²) in [5.74, 6) is 0. The minimum absolute atomic E-state index is 1.15. The summed E-state index contributed by atoms with van der Waals surface area (Å²) in [7, 11) is 0. The molecule has 0 aliphatic rings. The molecule has 0 aliphatic heterocycles. The van der Waals surface area contributed by atoms with Gasteiger partial charge >= 0.3 is 0 Å². The van der Waals surface area contributed by atoms with Gasteiger partial charge in [0.15, 0.2) is 0 Å². The molecular weight excluding hydrogens is 989 g/mol. The predicted octanol–water partition coefficient (Wildman–Crippen LogP) is 22.2. The van der Waals surface area contributed by atoms with E-state index in [0.717, 1.165) is 11.4 Å². The molecule has 14 aromatic rings. The van der Waals surface area contributed by atoms with Gasteiger partial charge in [0.25, 0.3) is 0 Å². The molecule has 2 aromatic heterocycles. The van der Waals surface area contributed by atoms with Gasteiger partial charge in [-0.3, -0.25) is 0 Å². The Morgan fingerprint density at radius 1 is 0.207 bits per heavy atom. The Labute approximate surface area is 486 Å². The van der Waals surface area contributed by atoms with Gasteiger partial charge in [-0.05, 0) is 139 Å². The van der Waals surface area contributed by atoms with Crippen LogP contribution in [0.25, 0.3) is 88.0 Å². The molecule has 0 amide bonds. The number of fused-ring (bicyclic) bond motifs is 9. The van der Waals surface area contributed by atoms with Crippen molar-refractivity contribution in [1.82, 2.24) is 9.13 Å². The van der Waals surface area contributed by atoms with Gasteiger partial charge in [0, 0.05) is 32.9 Å². The first-order valence-corrected chi connectivity index (χ1v) is 28.6. The molecule has 2 nitrogen and oxygen atoms in total. The highest BCUT2D eigenvalue weighted by molar-refractivity contribution is 6.30. The number of hydrogen-bond donors (Lipinski definition) is 0. The summed E-state index contributed by atoms with van der Waals surface area (Å²) >= 11 is 0. The number of aryl methyl sites for hydroxylation is 10. The van der Waals surface area contributed by atoms with Crippen LogP contribution in [0.3, 0.4) is 0 Å². The highest BCUT2D eigenvalue weighted by atomic mass is 15.0. The van der Waals surface area contributed by atoms with E-state index in [4.69, 9.17) is 0 Å². The average Bonchev–Trinajstić information content (AvgIpc) is 3.41. The Balaban J connectivity index is 0.000000188. The van der Waals surface area contributed by atoms with Crippen LogP contribution in [0.4, 0.5) is 0 Å². The van der Waals surface area contributed by atoms with Crippen molar-refractivity contribution in [2.75, 3.05) is 0 Å². The van der Waals surface area contributed by atoms with Crippen molar-refractivity contribution in [2.24, 2.45) is 0 Å². The van der Waals surface area contributed by atoms with Gasteiger partial charge in [0.2, 0.25) is 0 Å². The second-order valence-electron chi connectivity index (χ2n) is 22.1. The predicted molar refractivity (Wildman–Crippen MR) is 357 cm³/mol. The van der Waals surface area contributed by atoms with Crippen LogP contribution in [0.5, 0.6) is 0 Å². The summed E-state index contributed by atoms with van der Waals surface area (Å²) in [5, 5.41) is 7.56. The lowest BCUT2D eigenvalue weighted by molar-refractivity contribution is 1.15. The van der Waals surface area contributed by atoms with Gasteiger partial charge in [-0.2, -0.15) is 0 Å². The Morgan fingerprint density at radius 2 is 0.512 bits per heavy atom. The largest absolute Gasteiger partial charge is 0.307 e. The summed E-state index contributed by atoms with van der Waals surface area (Å²) in [5.41, 5.74) is 25.2. The number of aromatic nitrogens is 2. The first-order chi connectivity index (χ1) is 39.8. The molecule has 14 rings (SSSR count). The van der Waals surface area contributed by atoms with Crippen molar-refractivity contribution < 1.29 is 0 Å². The maximum absolute atomic E-state index is 2.51. The molecule has 404 valence electrons. The smallest absolute Gasteiger partial charge is 0.0789 e. The first kappa shape index (κ1) is 55.8. The Kier molecular flexibility index (Phi) is 17.2. The molecule has 0 saturated heterocycles. The van der Waals surface area contributed by atoms with Crippen LogP contribution in [-0.4, -0.2) is 9.13 Å². The van der Waals surface area contributed by atoms with E-state index in [1.165, 1.54) is 132 Å². The zero-order valence-electron chi connectivity index (χ0n) is 49.3. The van der Waals surface area contributed by atoms with Crippen molar-refractivity contribution in [3.63, 3.8) is 0 Å². The van der Waals surface area contributed by atoms with Crippen LogP contribution >= 0.6 is 0 Å². The molecule has 0 unspecified atom stereocenters. The van der Waals surface area contributed by atoms with Crippen LogP contribution in [-0.2, 0) is 0 Å². The molecule has 0 bridgehead atoms. The Bertz CT molecular complexity index is 4130. The van der Waals surface area contributed by atoms with E-state index >= 15 is 0 Å². The third-order valence-electron chi connectivity index (χ3n) is 15.3. The summed E-state index contributed by atoms with van der Waals surface area (Å²) in [6.07, 6.45) is 0. The molecule has 0 spiro atoms. The summed E-state index contributed by atoms with van der Waals surface area (Å²) in [4.78, 5) is 0. The van der Waals surface area contributed by atoms with Crippen molar-refractivity contribution in [3.8, 4) is 33.6 Å². The van der Waals surface area contributed by atoms with Gasteiger partial charge in [-0.1, -0.05) is 286 Å². The summed E-state index contributed by atoms with van der Waals surface area (Å²) in [6, 6.07) is 96.5. The summed E-state index contributed by atoms with van der Waals surface area (Å²) in [6.45, 7) is 21.1. The minimum Gasteiger partial charge on any atom is -0.307 e. The van der Waals surface area contributed by atoms with Gasteiger partial charge in [0.1, 0.15) is 0 Å². The van der Waals surface area contributed by atoms with Crippen LogP contribution in [0.1, 0.15) is 55.6 Å². The van der Waals surface area contributed by atoms with Crippen molar-refractivity contribution in [1.29, 1.82) is 0 Å². The van der Waals surface area contributed by atoms with Gasteiger partial charge in [-0.25, -0.2) is 0 Å². The maximum atomic E-state index is 2.51.